The first-order valence-corrected chi connectivity index (χ1v) is 13.7. The summed E-state index contributed by atoms with van der Waals surface area (Å²) in [6.45, 7) is 15.0. The van der Waals surface area contributed by atoms with Crippen molar-refractivity contribution in [3.05, 3.63) is 83.4 Å². The Morgan fingerprint density at radius 2 is 1.30 bits per heavy atom. The first-order valence-electron chi connectivity index (χ1n) is 13.7. The van der Waals surface area contributed by atoms with Crippen molar-refractivity contribution >= 4 is 29.0 Å². The zero-order valence-electron chi connectivity index (χ0n) is 24.5. The van der Waals surface area contributed by atoms with E-state index in [1.807, 2.05) is 12.1 Å². The minimum atomic E-state index is -0.715. The van der Waals surface area contributed by atoms with Crippen LogP contribution in [0.25, 0.3) is 0 Å². The second kappa shape index (κ2) is 12.7. The second-order valence-electron chi connectivity index (χ2n) is 11.3. The maximum atomic E-state index is 13.0. The van der Waals surface area contributed by atoms with Crippen LogP contribution in [0.2, 0.25) is 0 Å². The zero-order chi connectivity index (χ0) is 29.5. The van der Waals surface area contributed by atoms with Gasteiger partial charge in [0, 0.05) is 22.6 Å². The van der Waals surface area contributed by atoms with Crippen LogP contribution in [0.3, 0.4) is 0 Å². The summed E-state index contributed by atoms with van der Waals surface area (Å²) in [6, 6.07) is 21.4. The molecule has 210 valence electrons. The van der Waals surface area contributed by atoms with Crippen LogP contribution in [0.1, 0.15) is 78.0 Å². The number of anilines is 3. The molecule has 3 aromatic carbocycles. The van der Waals surface area contributed by atoms with Crippen LogP contribution in [0.5, 0.6) is 5.75 Å². The molecule has 1 atom stereocenters. The Balaban J connectivity index is 1.64. The lowest BCUT2D eigenvalue weighted by atomic mass is 9.76. The van der Waals surface area contributed by atoms with E-state index in [0.29, 0.717) is 22.6 Å². The summed E-state index contributed by atoms with van der Waals surface area (Å²) in [5.41, 5.74) is 4.54. The van der Waals surface area contributed by atoms with Crippen molar-refractivity contribution < 1.29 is 14.3 Å². The Bertz CT molecular complexity index is 1370. The number of rotatable bonds is 10. The average molecular weight is 541 g/mol. The van der Waals surface area contributed by atoms with Gasteiger partial charge in [-0.25, -0.2) is 4.79 Å². The van der Waals surface area contributed by atoms with Crippen molar-refractivity contribution in [1.29, 1.82) is 5.26 Å². The number of carbonyl (C=O) groups excluding carboxylic acids is 2. The number of nitriles is 1. The molecule has 3 N–H and O–H groups in total. The van der Waals surface area contributed by atoms with E-state index in [-0.39, 0.29) is 16.7 Å². The van der Waals surface area contributed by atoms with Crippen LogP contribution in [0, 0.1) is 11.3 Å². The van der Waals surface area contributed by atoms with Crippen molar-refractivity contribution in [2.24, 2.45) is 0 Å². The van der Waals surface area contributed by atoms with Crippen LogP contribution in [0.15, 0.2) is 66.7 Å². The van der Waals surface area contributed by atoms with Crippen molar-refractivity contribution in [2.45, 2.75) is 78.2 Å². The molecule has 0 fully saturated rings. The molecule has 0 heterocycles. The fourth-order valence-corrected chi connectivity index (χ4v) is 4.02. The van der Waals surface area contributed by atoms with Crippen LogP contribution in [0.4, 0.5) is 21.9 Å². The predicted octanol–water partition coefficient (Wildman–Crippen LogP) is 7.98. The van der Waals surface area contributed by atoms with E-state index >= 15 is 0 Å². The van der Waals surface area contributed by atoms with Gasteiger partial charge in [0.25, 0.3) is 5.91 Å². The molecule has 1 unspecified atom stereocenters. The number of hydrogen-bond donors (Lipinski definition) is 3. The summed E-state index contributed by atoms with van der Waals surface area (Å²) in [5, 5.41) is 17.2. The van der Waals surface area contributed by atoms with Crippen molar-refractivity contribution in [1.82, 2.24) is 0 Å². The minimum absolute atomic E-state index is 0.0470. The normalized spacial score (nSPS) is 12.2. The Morgan fingerprint density at radius 3 is 1.80 bits per heavy atom. The van der Waals surface area contributed by atoms with E-state index in [2.05, 4.69) is 69.6 Å². The smallest absolute Gasteiger partial charge is 0.323 e. The highest BCUT2D eigenvalue weighted by Gasteiger charge is 2.28. The van der Waals surface area contributed by atoms with Gasteiger partial charge in [-0.15, -0.1) is 0 Å². The monoisotopic (exact) mass is 540 g/mol. The maximum absolute atomic E-state index is 13.0. The Morgan fingerprint density at radius 1 is 0.800 bits per heavy atom. The number of carbonyl (C=O) groups is 2. The van der Waals surface area contributed by atoms with Gasteiger partial charge in [0.05, 0.1) is 11.6 Å². The molecule has 3 amide bonds. The van der Waals surface area contributed by atoms with Crippen molar-refractivity contribution in [2.75, 3.05) is 16.0 Å². The first-order chi connectivity index (χ1) is 18.9. The van der Waals surface area contributed by atoms with E-state index < -0.39 is 12.1 Å². The molecule has 40 heavy (non-hydrogen) atoms. The third-order valence-electron chi connectivity index (χ3n) is 7.61. The summed E-state index contributed by atoms with van der Waals surface area (Å²) in [7, 11) is 0. The van der Waals surface area contributed by atoms with E-state index in [4.69, 9.17) is 10.00 Å². The lowest BCUT2D eigenvalue weighted by Crippen LogP contribution is -2.31. The van der Waals surface area contributed by atoms with Crippen molar-refractivity contribution in [3.63, 3.8) is 0 Å². The molecule has 0 saturated heterocycles. The summed E-state index contributed by atoms with van der Waals surface area (Å²) in [4.78, 5) is 25.3. The van der Waals surface area contributed by atoms with Crippen LogP contribution in [-0.2, 0) is 15.6 Å². The summed E-state index contributed by atoms with van der Waals surface area (Å²) < 4.78 is 6.22. The number of urea groups is 1. The number of amides is 3. The lowest BCUT2D eigenvalue weighted by molar-refractivity contribution is -0.122. The molecular formula is C33H40N4O3. The largest absolute Gasteiger partial charge is 0.481 e. The van der Waals surface area contributed by atoms with E-state index in [1.54, 1.807) is 55.5 Å². The molecule has 0 spiro atoms. The van der Waals surface area contributed by atoms with Gasteiger partial charge in [-0.05, 0) is 90.8 Å². The molecule has 3 rings (SSSR count). The van der Waals surface area contributed by atoms with Gasteiger partial charge in [0.2, 0.25) is 0 Å². The topological polar surface area (TPSA) is 103 Å². The average Bonchev–Trinajstić information content (AvgIpc) is 2.94. The van der Waals surface area contributed by atoms with E-state index in [0.717, 1.165) is 24.2 Å². The van der Waals surface area contributed by atoms with Gasteiger partial charge in [-0.3, -0.25) is 4.79 Å². The highest BCUT2D eigenvalue weighted by molar-refractivity contribution is 6.00. The van der Waals surface area contributed by atoms with Gasteiger partial charge in [0.15, 0.2) is 6.10 Å². The quantitative estimate of drug-likeness (QED) is 0.242. The number of ether oxygens (including phenoxy) is 1. The molecule has 7 heteroatoms. The fourth-order valence-electron chi connectivity index (χ4n) is 4.02. The predicted molar refractivity (Wildman–Crippen MR) is 162 cm³/mol. The Hall–Kier alpha value is -4.31. The van der Waals surface area contributed by atoms with Crippen LogP contribution < -0.4 is 20.7 Å². The standard InChI is InChI=1S/C33H40N4O3/c1-8-32(4,5)24-12-19-29(28(20-24)33(6,7)9-2)40-22(3)30(38)35-25-15-17-27(18-16-25)37-31(39)36-26-13-10-23(21-34)11-14-26/h10-20,22H,8-9H2,1-7H3,(H,35,38)(H2,36,37,39). The SMILES string of the molecule is CCC(C)(C)c1ccc(OC(C)C(=O)Nc2ccc(NC(=O)Nc3ccc(C#N)cc3)cc2)c(C(C)(C)CC)c1. The first kappa shape index (κ1) is 30.2. The molecule has 0 aliphatic rings. The number of nitrogens with one attached hydrogen (secondary N) is 3. The van der Waals surface area contributed by atoms with Crippen LogP contribution in [-0.4, -0.2) is 18.0 Å². The van der Waals surface area contributed by atoms with E-state index in [9.17, 15) is 9.59 Å². The number of benzene rings is 3. The Labute approximate surface area is 237 Å². The van der Waals surface area contributed by atoms with Gasteiger partial charge in [-0.1, -0.05) is 53.7 Å². The van der Waals surface area contributed by atoms with E-state index in [1.165, 1.54) is 5.56 Å². The highest BCUT2D eigenvalue weighted by Crippen LogP contribution is 2.38. The number of nitrogens with zero attached hydrogens (tertiary/aromatic N) is 1. The fraction of sp³-hybridized carbons (Fsp3) is 0.364. The molecule has 0 saturated carbocycles. The molecule has 7 nitrogen and oxygen atoms in total. The van der Waals surface area contributed by atoms with Crippen LogP contribution >= 0.6 is 0 Å². The Kier molecular flexibility index (Phi) is 9.60. The second-order valence-corrected chi connectivity index (χ2v) is 11.3. The molecule has 0 aliphatic carbocycles. The van der Waals surface area contributed by atoms with Gasteiger partial charge >= 0.3 is 6.03 Å². The third kappa shape index (κ3) is 7.63. The lowest BCUT2D eigenvalue weighted by Gasteiger charge is -2.31. The summed E-state index contributed by atoms with van der Waals surface area (Å²) in [5.74, 6) is 0.454. The molecule has 0 aromatic heterocycles. The zero-order valence-corrected chi connectivity index (χ0v) is 24.5. The molecule has 0 radical (unpaired) electrons. The third-order valence-corrected chi connectivity index (χ3v) is 7.61. The molecular weight excluding hydrogens is 500 g/mol. The summed E-state index contributed by atoms with van der Waals surface area (Å²) >= 11 is 0. The van der Waals surface area contributed by atoms with Gasteiger partial charge in [0.1, 0.15) is 5.75 Å². The molecule has 0 aliphatic heterocycles. The maximum Gasteiger partial charge on any atom is 0.323 e. The molecule has 0 bridgehead atoms. The number of hydrogen-bond acceptors (Lipinski definition) is 4. The van der Waals surface area contributed by atoms with Gasteiger partial charge in [-0.2, -0.15) is 5.26 Å². The minimum Gasteiger partial charge on any atom is -0.481 e. The van der Waals surface area contributed by atoms with Crippen molar-refractivity contribution in [3.8, 4) is 11.8 Å². The molecule has 3 aromatic rings. The highest BCUT2D eigenvalue weighted by atomic mass is 16.5. The van der Waals surface area contributed by atoms with Gasteiger partial charge < -0.3 is 20.7 Å². The summed E-state index contributed by atoms with van der Waals surface area (Å²) in [6.07, 6.45) is 1.24.